The summed E-state index contributed by atoms with van der Waals surface area (Å²) in [6.45, 7) is 11.4. The third-order valence-corrected chi connectivity index (χ3v) is 15.4. The molecule has 0 saturated carbocycles. The highest BCUT2D eigenvalue weighted by Gasteiger charge is 2.40. The molecule has 3 aromatic rings. The number of aryl methyl sites for hydroxylation is 1. The summed E-state index contributed by atoms with van der Waals surface area (Å²) in [6.07, 6.45) is 5.17. The molecule has 3 aromatic carbocycles. The molecule has 264 valence electrons. The van der Waals surface area contributed by atoms with Gasteiger partial charge in [0.2, 0.25) is 5.91 Å². The van der Waals surface area contributed by atoms with Gasteiger partial charge < -0.3 is 24.1 Å². The van der Waals surface area contributed by atoms with E-state index in [1.54, 1.807) is 13.2 Å². The summed E-state index contributed by atoms with van der Waals surface area (Å²) in [4.78, 5) is 28.6. The van der Waals surface area contributed by atoms with Crippen LogP contribution in [0.3, 0.4) is 0 Å². The van der Waals surface area contributed by atoms with E-state index in [9.17, 15) is 9.59 Å². The number of piperidine rings is 1. The molecule has 3 atom stereocenters. The molecule has 0 aliphatic carbocycles. The number of benzene rings is 3. The average Bonchev–Trinajstić information content (AvgIpc) is 3.24. The van der Waals surface area contributed by atoms with Crippen LogP contribution in [0.2, 0.25) is 23.2 Å². The SMILES string of the molecule is COc1cc(NC(=O)CCCc2ccc(-c3ccccc3)c(NC(=O)OC3CC4CC[C@@H](C3)N4C)c2)c(Cl)cc1CO[Si](C)(C)C(C)(C)C. The molecule has 0 aromatic heterocycles. The largest absolute Gasteiger partial charge is 0.496 e. The van der Waals surface area contributed by atoms with Crippen LogP contribution in [-0.4, -0.2) is 57.6 Å². The van der Waals surface area contributed by atoms with Crippen molar-refractivity contribution in [2.75, 3.05) is 24.8 Å². The number of hydrogen-bond acceptors (Lipinski definition) is 6. The predicted octanol–water partition coefficient (Wildman–Crippen LogP) is 9.67. The zero-order valence-electron chi connectivity index (χ0n) is 30.0. The number of hydrogen-bond donors (Lipinski definition) is 2. The summed E-state index contributed by atoms with van der Waals surface area (Å²) in [5.41, 5.74) is 5.00. The van der Waals surface area contributed by atoms with Crippen molar-refractivity contribution in [3.05, 3.63) is 76.8 Å². The Hall–Kier alpha value is -3.37. The molecule has 2 N–H and O–H groups in total. The second kappa shape index (κ2) is 15.7. The number of methoxy groups -OCH3 is 1. The smallest absolute Gasteiger partial charge is 0.411 e. The van der Waals surface area contributed by atoms with E-state index in [4.69, 9.17) is 25.5 Å². The van der Waals surface area contributed by atoms with E-state index < -0.39 is 14.4 Å². The maximum atomic E-state index is 13.2. The van der Waals surface area contributed by atoms with Crippen LogP contribution in [0.25, 0.3) is 11.1 Å². The normalized spacial score (nSPS) is 19.4. The first-order valence-electron chi connectivity index (χ1n) is 17.4. The van der Waals surface area contributed by atoms with Crippen LogP contribution in [0.5, 0.6) is 5.75 Å². The molecule has 2 saturated heterocycles. The molecule has 49 heavy (non-hydrogen) atoms. The van der Waals surface area contributed by atoms with E-state index in [2.05, 4.69) is 62.5 Å². The Morgan fingerprint density at radius 2 is 1.65 bits per heavy atom. The second-order valence-corrected chi connectivity index (χ2v) is 20.2. The third kappa shape index (κ3) is 9.25. The van der Waals surface area contributed by atoms with Gasteiger partial charge in [0, 0.05) is 48.5 Å². The van der Waals surface area contributed by atoms with Gasteiger partial charge in [-0.25, -0.2) is 4.79 Å². The molecule has 2 fully saturated rings. The molecular formula is C39H52ClN3O5Si. The van der Waals surface area contributed by atoms with Crippen LogP contribution >= 0.6 is 11.6 Å². The molecule has 2 amide bonds. The highest BCUT2D eigenvalue weighted by molar-refractivity contribution is 6.74. The highest BCUT2D eigenvalue weighted by atomic mass is 35.5. The first-order chi connectivity index (χ1) is 23.2. The fourth-order valence-electron chi connectivity index (χ4n) is 6.60. The highest BCUT2D eigenvalue weighted by Crippen LogP contribution is 2.39. The molecule has 5 rings (SSSR count). The van der Waals surface area contributed by atoms with E-state index >= 15 is 0 Å². The van der Waals surface area contributed by atoms with E-state index in [0.717, 1.165) is 35.1 Å². The van der Waals surface area contributed by atoms with Crippen LogP contribution in [0, 0.1) is 0 Å². The molecule has 0 radical (unpaired) electrons. The van der Waals surface area contributed by atoms with Crippen molar-refractivity contribution in [1.29, 1.82) is 0 Å². The van der Waals surface area contributed by atoms with Crippen molar-refractivity contribution in [2.24, 2.45) is 0 Å². The van der Waals surface area contributed by atoms with Gasteiger partial charge in [0.25, 0.3) is 0 Å². The molecule has 2 aliphatic heterocycles. The zero-order chi connectivity index (χ0) is 35.3. The molecule has 2 unspecified atom stereocenters. The topological polar surface area (TPSA) is 89.1 Å². The van der Waals surface area contributed by atoms with E-state index in [1.165, 1.54) is 12.8 Å². The van der Waals surface area contributed by atoms with Crippen molar-refractivity contribution in [2.45, 2.75) is 109 Å². The lowest BCUT2D eigenvalue weighted by molar-refractivity contribution is -0.116. The summed E-state index contributed by atoms with van der Waals surface area (Å²) < 4.78 is 18.0. The lowest BCUT2D eigenvalue weighted by atomic mass is 9.99. The van der Waals surface area contributed by atoms with Crippen molar-refractivity contribution >= 4 is 43.3 Å². The van der Waals surface area contributed by atoms with Gasteiger partial charge in [0.1, 0.15) is 11.9 Å². The number of nitrogens with one attached hydrogen (secondary N) is 2. The Bertz CT molecular complexity index is 1610. The van der Waals surface area contributed by atoms with Crippen LogP contribution in [0.4, 0.5) is 16.2 Å². The van der Waals surface area contributed by atoms with Gasteiger partial charge in [0.05, 0.1) is 30.1 Å². The van der Waals surface area contributed by atoms with Gasteiger partial charge in [0.15, 0.2) is 8.32 Å². The summed E-state index contributed by atoms with van der Waals surface area (Å²) in [6, 6.07) is 20.6. The van der Waals surface area contributed by atoms with Crippen molar-refractivity contribution < 1.29 is 23.5 Å². The maximum Gasteiger partial charge on any atom is 0.411 e. The lowest BCUT2D eigenvalue weighted by Gasteiger charge is -2.36. The predicted molar refractivity (Wildman–Crippen MR) is 201 cm³/mol. The fraction of sp³-hybridized carbons (Fsp3) is 0.487. The fourth-order valence-corrected chi connectivity index (χ4v) is 7.78. The summed E-state index contributed by atoms with van der Waals surface area (Å²) in [7, 11) is 1.82. The van der Waals surface area contributed by atoms with Crippen LogP contribution < -0.4 is 15.4 Å². The monoisotopic (exact) mass is 705 g/mol. The number of halogens is 1. The summed E-state index contributed by atoms with van der Waals surface area (Å²) >= 11 is 6.62. The van der Waals surface area contributed by atoms with E-state index in [-0.39, 0.29) is 17.0 Å². The first kappa shape index (κ1) is 36.9. The molecule has 2 bridgehead atoms. The molecule has 2 heterocycles. The number of nitrogens with zero attached hydrogens (tertiary/aromatic N) is 1. The van der Waals surface area contributed by atoms with Gasteiger partial charge in [-0.1, -0.05) is 74.8 Å². The quantitative estimate of drug-likeness (QED) is 0.183. The number of anilines is 2. The van der Waals surface area contributed by atoms with Crippen LogP contribution in [0.1, 0.15) is 70.4 Å². The van der Waals surface area contributed by atoms with Gasteiger partial charge in [-0.3, -0.25) is 10.1 Å². The van der Waals surface area contributed by atoms with E-state index in [0.29, 0.717) is 60.1 Å². The third-order valence-electron chi connectivity index (χ3n) is 10.6. The summed E-state index contributed by atoms with van der Waals surface area (Å²) in [5.74, 6) is 0.489. The minimum Gasteiger partial charge on any atom is -0.496 e. The Morgan fingerprint density at radius 1 is 0.959 bits per heavy atom. The number of rotatable bonds is 12. The van der Waals surface area contributed by atoms with Gasteiger partial charge in [-0.05, 0) is 74.1 Å². The minimum atomic E-state index is -1.97. The number of carbonyl (C=O) groups excluding carboxylic acids is 2. The standard InChI is InChI=1S/C39H52ClN3O5Si/c1-39(2,3)49(6,7)47-25-28-21-33(40)35(24-36(28)46-5)41-37(44)15-11-12-26-16-19-32(27-13-9-8-10-14-27)34(20-26)42-38(45)48-31-22-29-17-18-30(23-31)43(29)4/h8-10,13-14,16,19-21,24,29-31H,11-12,15,17-18,22-23,25H2,1-7H3,(H,41,44)(H,42,45)/t29-,30?,31?/m0/s1. The van der Waals surface area contributed by atoms with Crippen molar-refractivity contribution in [3.8, 4) is 16.9 Å². The Balaban J connectivity index is 1.19. The second-order valence-electron chi connectivity index (χ2n) is 15.0. The average molecular weight is 706 g/mol. The van der Waals surface area contributed by atoms with Crippen LogP contribution in [0.15, 0.2) is 60.7 Å². The molecule has 0 spiro atoms. The lowest BCUT2D eigenvalue weighted by Crippen LogP contribution is -2.43. The first-order valence-corrected chi connectivity index (χ1v) is 20.7. The van der Waals surface area contributed by atoms with Gasteiger partial charge >= 0.3 is 6.09 Å². The Kier molecular flexibility index (Phi) is 11.8. The van der Waals surface area contributed by atoms with Crippen LogP contribution in [-0.2, 0) is 27.0 Å². The maximum absolute atomic E-state index is 13.2. The van der Waals surface area contributed by atoms with E-state index in [1.807, 2.05) is 48.5 Å². The Morgan fingerprint density at radius 3 is 2.31 bits per heavy atom. The van der Waals surface area contributed by atoms with Crippen molar-refractivity contribution in [1.82, 2.24) is 4.90 Å². The number of ether oxygens (including phenoxy) is 2. The van der Waals surface area contributed by atoms with Gasteiger partial charge in [-0.15, -0.1) is 0 Å². The zero-order valence-corrected chi connectivity index (χ0v) is 31.8. The Labute approximate surface area is 298 Å². The molecule has 8 nitrogen and oxygen atoms in total. The number of fused-ring (bicyclic) bond motifs is 2. The minimum absolute atomic E-state index is 0.0733. The summed E-state index contributed by atoms with van der Waals surface area (Å²) in [5, 5.41) is 6.52. The molecule has 10 heteroatoms. The number of carbonyl (C=O) groups is 2. The van der Waals surface area contributed by atoms with Gasteiger partial charge in [-0.2, -0.15) is 0 Å². The molecular weight excluding hydrogens is 654 g/mol. The molecule has 2 aliphatic rings. The van der Waals surface area contributed by atoms with Crippen molar-refractivity contribution in [3.63, 3.8) is 0 Å². The number of amides is 2.